The van der Waals surface area contributed by atoms with Gasteiger partial charge in [-0.05, 0) is 25.0 Å². The van der Waals surface area contributed by atoms with Gasteiger partial charge in [-0.2, -0.15) is 0 Å². The van der Waals surface area contributed by atoms with Crippen LogP contribution in [0.3, 0.4) is 0 Å². The van der Waals surface area contributed by atoms with Gasteiger partial charge < -0.3 is 5.32 Å². The summed E-state index contributed by atoms with van der Waals surface area (Å²) in [6.45, 7) is 1.98. The van der Waals surface area contributed by atoms with Gasteiger partial charge in [0.25, 0.3) is 0 Å². The second-order valence-electron chi connectivity index (χ2n) is 5.47. The van der Waals surface area contributed by atoms with E-state index in [1.165, 1.54) is 4.57 Å². The van der Waals surface area contributed by atoms with Crippen LogP contribution < -0.4 is 11.0 Å². The third kappa shape index (κ3) is 2.07. The molecule has 1 unspecified atom stereocenters. The van der Waals surface area contributed by atoms with Crippen LogP contribution in [0.15, 0.2) is 23.0 Å². The molecule has 1 aromatic carbocycles. The molecule has 6 nitrogen and oxygen atoms in total. The Labute approximate surface area is 121 Å². The van der Waals surface area contributed by atoms with Crippen molar-refractivity contribution in [2.75, 3.05) is 6.54 Å². The van der Waals surface area contributed by atoms with Crippen molar-refractivity contribution in [3.8, 4) is 0 Å². The van der Waals surface area contributed by atoms with Gasteiger partial charge in [0.15, 0.2) is 5.78 Å². The Balaban J connectivity index is 2.23. The normalized spacial score (nSPS) is 19.6. The first-order valence-corrected chi connectivity index (χ1v) is 6.96. The molecule has 0 radical (unpaired) electrons. The predicted octanol–water partition coefficient (Wildman–Crippen LogP) is 0.669. The first kappa shape index (κ1) is 13.6. The number of benzene rings is 1. The topological polar surface area (TPSA) is 73.1 Å². The van der Waals surface area contributed by atoms with Crippen LogP contribution in [0.1, 0.15) is 24.4 Å². The standard InChI is InChI=1S/C15H17N3O3/c1-9-4-3-5-11-13(9)17(2)15(21)18(11)12-7-6-10(19)8-16-14(12)20/h3-5,12H,6-8H2,1-2H3,(H,16,20). The first-order valence-electron chi connectivity index (χ1n) is 6.96. The molecule has 1 aliphatic heterocycles. The highest BCUT2D eigenvalue weighted by Crippen LogP contribution is 2.23. The van der Waals surface area contributed by atoms with E-state index in [0.717, 1.165) is 16.6 Å². The number of fused-ring (bicyclic) bond motifs is 1. The molecule has 3 rings (SSSR count). The van der Waals surface area contributed by atoms with Crippen molar-refractivity contribution in [2.24, 2.45) is 7.05 Å². The highest BCUT2D eigenvalue weighted by atomic mass is 16.2. The Bertz CT molecular complexity index is 800. The van der Waals surface area contributed by atoms with Crippen LogP contribution in [0.4, 0.5) is 0 Å². The lowest BCUT2D eigenvalue weighted by atomic mass is 10.1. The summed E-state index contributed by atoms with van der Waals surface area (Å²) in [6, 6.07) is 5.01. The Kier molecular flexibility index (Phi) is 3.16. The molecule has 2 aromatic rings. The minimum atomic E-state index is -0.630. The molecule has 1 fully saturated rings. The number of carbonyl (C=O) groups excluding carboxylic acids is 2. The van der Waals surface area contributed by atoms with Crippen LogP contribution in [0.5, 0.6) is 0 Å². The van der Waals surface area contributed by atoms with E-state index in [0.29, 0.717) is 12.8 Å². The van der Waals surface area contributed by atoms with E-state index < -0.39 is 6.04 Å². The Morgan fingerprint density at radius 2 is 2.00 bits per heavy atom. The van der Waals surface area contributed by atoms with Crippen LogP contribution in [-0.4, -0.2) is 27.4 Å². The maximum Gasteiger partial charge on any atom is 0.329 e. The van der Waals surface area contributed by atoms with Gasteiger partial charge in [-0.3, -0.25) is 18.7 Å². The summed E-state index contributed by atoms with van der Waals surface area (Å²) in [5, 5.41) is 2.60. The molecule has 0 saturated carbocycles. The van der Waals surface area contributed by atoms with Gasteiger partial charge in [0.05, 0.1) is 17.6 Å². The van der Waals surface area contributed by atoms with Gasteiger partial charge in [-0.15, -0.1) is 0 Å². The van der Waals surface area contributed by atoms with E-state index in [1.807, 2.05) is 25.1 Å². The molecule has 2 heterocycles. The lowest BCUT2D eigenvalue weighted by Gasteiger charge is -2.14. The minimum absolute atomic E-state index is 0.00434. The Morgan fingerprint density at radius 3 is 2.76 bits per heavy atom. The van der Waals surface area contributed by atoms with Gasteiger partial charge in [0.2, 0.25) is 5.91 Å². The molecule has 1 atom stereocenters. The number of nitrogens with zero attached hydrogens (tertiary/aromatic N) is 2. The Morgan fingerprint density at radius 1 is 1.24 bits per heavy atom. The van der Waals surface area contributed by atoms with E-state index in [-0.39, 0.29) is 23.9 Å². The largest absolute Gasteiger partial charge is 0.347 e. The van der Waals surface area contributed by atoms with Crippen LogP contribution >= 0.6 is 0 Å². The van der Waals surface area contributed by atoms with Crippen molar-refractivity contribution < 1.29 is 9.59 Å². The smallest absolute Gasteiger partial charge is 0.329 e. The van der Waals surface area contributed by atoms with Crippen LogP contribution in [0, 0.1) is 6.92 Å². The van der Waals surface area contributed by atoms with Crippen molar-refractivity contribution in [3.05, 3.63) is 34.2 Å². The molecule has 1 aliphatic rings. The molecule has 6 heteroatoms. The monoisotopic (exact) mass is 287 g/mol. The molecule has 1 amide bonds. The quantitative estimate of drug-likeness (QED) is 0.837. The predicted molar refractivity (Wildman–Crippen MR) is 78.2 cm³/mol. The van der Waals surface area contributed by atoms with Crippen molar-refractivity contribution in [3.63, 3.8) is 0 Å². The molecule has 0 bridgehead atoms. The number of nitrogens with one attached hydrogen (secondary N) is 1. The fourth-order valence-corrected chi connectivity index (χ4v) is 3.00. The maximum atomic E-state index is 12.5. The fourth-order valence-electron chi connectivity index (χ4n) is 3.00. The lowest BCUT2D eigenvalue weighted by molar-refractivity contribution is -0.125. The summed E-state index contributed by atoms with van der Waals surface area (Å²) in [5.41, 5.74) is 2.31. The van der Waals surface area contributed by atoms with E-state index in [1.54, 1.807) is 11.6 Å². The number of hydrogen-bond donors (Lipinski definition) is 1. The summed E-state index contributed by atoms with van der Waals surface area (Å²) in [4.78, 5) is 36.3. The van der Waals surface area contributed by atoms with Gasteiger partial charge in [0.1, 0.15) is 6.04 Å². The number of Topliss-reactive ketones (excluding diaryl/α,β-unsaturated/α-hetero) is 1. The summed E-state index contributed by atoms with van der Waals surface area (Å²) in [6.07, 6.45) is 0.662. The van der Waals surface area contributed by atoms with E-state index in [9.17, 15) is 14.4 Å². The van der Waals surface area contributed by atoms with Gasteiger partial charge in [-0.1, -0.05) is 12.1 Å². The highest BCUT2D eigenvalue weighted by molar-refractivity contribution is 5.91. The van der Waals surface area contributed by atoms with Crippen molar-refractivity contribution in [2.45, 2.75) is 25.8 Å². The van der Waals surface area contributed by atoms with Crippen molar-refractivity contribution >= 4 is 22.7 Å². The van der Waals surface area contributed by atoms with Crippen LogP contribution in [-0.2, 0) is 16.6 Å². The zero-order valence-electron chi connectivity index (χ0n) is 12.0. The molecule has 110 valence electrons. The lowest BCUT2D eigenvalue weighted by Crippen LogP contribution is -2.36. The molecular weight excluding hydrogens is 270 g/mol. The van der Waals surface area contributed by atoms with E-state index >= 15 is 0 Å². The van der Waals surface area contributed by atoms with Crippen LogP contribution in [0.2, 0.25) is 0 Å². The summed E-state index contributed by atoms with van der Waals surface area (Å²) >= 11 is 0. The van der Waals surface area contributed by atoms with Gasteiger partial charge in [0, 0.05) is 13.5 Å². The molecule has 21 heavy (non-hydrogen) atoms. The molecule has 0 spiro atoms. The third-order valence-corrected chi connectivity index (χ3v) is 4.08. The molecule has 1 N–H and O–H groups in total. The second-order valence-corrected chi connectivity index (χ2v) is 5.47. The molecular formula is C15H17N3O3. The number of carbonyl (C=O) groups is 2. The van der Waals surface area contributed by atoms with Crippen molar-refractivity contribution in [1.82, 2.24) is 14.5 Å². The molecule has 1 saturated heterocycles. The Hall–Kier alpha value is -2.37. The molecule has 1 aromatic heterocycles. The number of rotatable bonds is 1. The molecule has 0 aliphatic carbocycles. The zero-order chi connectivity index (χ0) is 15.1. The maximum absolute atomic E-state index is 12.5. The average Bonchev–Trinajstić information content (AvgIpc) is 2.60. The summed E-state index contributed by atoms with van der Waals surface area (Å²) < 4.78 is 3.07. The highest BCUT2D eigenvalue weighted by Gasteiger charge is 2.29. The fraction of sp³-hybridized carbons (Fsp3) is 0.400. The number of hydrogen-bond acceptors (Lipinski definition) is 3. The average molecular weight is 287 g/mol. The third-order valence-electron chi connectivity index (χ3n) is 4.08. The minimum Gasteiger partial charge on any atom is -0.347 e. The van der Waals surface area contributed by atoms with Crippen LogP contribution in [0.25, 0.3) is 11.0 Å². The van der Waals surface area contributed by atoms with E-state index in [2.05, 4.69) is 5.32 Å². The second kappa shape index (κ2) is 4.87. The SMILES string of the molecule is Cc1cccc2c1n(C)c(=O)n2C1CCC(=O)CNC1=O. The number of aryl methyl sites for hydroxylation is 2. The van der Waals surface area contributed by atoms with Gasteiger partial charge in [-0.25, -0.2) is 4.79 Å². The van der Waals surface area contributed by atoms with Crippen molar-refractivity contribution in [1.29, 1.82) is 0 Å². The number of para-hydroxylation sites is 1. The van der Waals surface area contributed by atoms with E-state index in [4.69, 9.17) is 0 Å². The summed E-state index contributed by atoms with van der Waals surface area (Å²) in [5.74, 6) is -0.271. The number of amides is 1. The number of imidazole rings is 1. The van der Waals surface area contributed by atoms with Gasteiger partial charge >= 0.3 is 5.69 Å². The summed E-state index contributed by atoms with van der Waals surface area (Å²) in [7, 11) is 1.70. The first-order chi connectivity index (χ1) is 10.0. The zero-order valence-corrected chi connectivity index (χ0v) is 12.0. The number of aromatic nitrogens is 2. The number of ketones is 1.